The van der Waals surface area contributed by atoms with E-state index in [1.807, 2.05) is 0 Å². The van der Waals surface area contributed by atoms with Crippen molar-refractivity contribution in [2.75, 3.05) is 0 Å². The quantitative estimate of drug-likeness (QED) is 0.819. The number of hydrogen-bond acceptors (Lipinski definition) is 4. The molecule has 2 rings (SSSR count). The van der Waals surface area contributed by atoms with E-state index in [-0.39, 0.29) is 34.3 Å². The van der Waals surface area contributed by atoms with Crippen LogP contribution >= 0.6 is 11.6 Å². The highest BCUT2D eigenvalue weighted by Gasteiger charge is 2.12. The van der Waals surface area contributed by atoms with E-state index in [2.05, 4.69) is 4.98 Å². The Morgan fingerprint density at radius 3 is 2.88 bits per heavy atom. The van der Waals surface area contributed by atoms with Crippen LogP contribution in [0.1, 0.15) is 6.92 Å². The first-order chi connectivity index (χ1) is 8.00. The summed E-state index contributed by atoms with van der Waals surface area (Å²) in [4.78, 5) is 27.0. The molecule has 88 valence electrons. The molecule has 0 bridgehead atoms. The summed E-state index contributed by atoms with van der Waals surface area (Å²) in [5.74, 6) is -0.313. The first kappa shape index (κ1) is 11.6. The number of phenols is 1. The number of aromatic nitrogens is 2. The minimum absolute atomic E-state index is 0.112. The van der Waals surface area contributed by atoms with Gasteiger partial charge in [0.25, 0.3) is 5.56 Å². The maximum absolute atomic E-state index is 12.0. The lowest BCUT2D eigenvalue weighted by molar-refractivity contribution is -0.117. The van der Waals surface area contributed by atoms with Crippen LogP contribution in [0.5, 0.6) is 5.75 Å². The molecule has 0 aliphatic heterocycles. The van der Waals surface area contributed by atoms with Crippen molar-refractivity contribution in [1.29, 1.82) is 0 Å². The first-order valence-electron chi connectivity index (χ1n) is 4.88. The van der Waals surface area contributed by atoms with Gasteiger partial charge in [0.15, 0.2) is 0 Å². The molecule has 0 spiro atoms. The molecule has 1 aromatic heterocycles. The Bertz CT molecular complexity index is 664. The van der Waals surface area contributed by atoms with Crippen molar-refractivity contribution in [1.82, 2.24) is 9.55 Å². The summed E-state index contributed by atoms with van der Waals surface area (Å²) in [6.45, 7) is 1.23. The second-order valence-electron chi connectivity index (χ2n) is 3.65. The van der Waals surface area contributed by atoms with Gasteiger partial charge in [-0.05, 0) is 30.7 Å². The van der Waals surface area contributed by atoms with Gasteiger partial charge in [0, 0.05) is 0 Å². The number of ketones is 1. The third-order valence-corrected chi connectivity index (χ3v) is 2.59. The van der Waals surface area contributed by atoms with Gasteiger partial charge in [-0.1, -0.05) is 6.07 Å². The van der Waals surface area contributed by atoms with Crippen molar-refractivity contribution in [2.24, 2.45) is 0 Å². The molecule has 0 saturated carbocycles. The Hall–Kier alpha value is -1.88. The zero-order valence-electron chi connectivity index (χ0n) is 8.98. The molecule has 1 N–H and O–H groups in total. The predicted octanol–water partition coefficient (Wildman–Crippen LogP) is 1.34. The van der Waals surface area contributed by atoms with E-state index in [4.69, 9.17) is 11.6 Å². The number of halogens is 1. The highest BCUT2D eigenvalue weighted by molar-refractivity contribution is 6.28. The van der Waals surface area contributed by atoms with Crippen LogP contribution in [0.2, 0.25) is 5.28 Å². The number of carbonyl (C=O) groups excluding carboxylic acids is 1. The van der Waals surface area contributed by atoms with Crippen molar-refractivity contribution in [3.8, 4) is 5.75 Å². The van der Waals surface area contributed by atoms with Crippen LogP contribution in [0.3, 0.4) is 0 Å². The maximum Gasteiger partial charge on any atom is 0.262 e. The Morgan fingerprint density at radius 2 is 2.24 bits per heavy atom. The van der Waals surface area contributed by atoms with Gasteiger partial charge < -0.3 is 5.11 Å². The molecule has 0 fully saturated rings. The molecule has 17 heavy (non-hydrogen) atoms. The summed E-state index contributed by atoms with van der Waals surface area (Å²) < 4.78 is 1.08. The predicted molar refractivity (Wildman–Crippen MR) is 63.4 cm³/mol. The fourth-order valence-corrected chi connectivity index (χ4v) is 1.78. The highest BCUT2D eigenvalue weighted by atomic mass is 35.5. The third kappa shape index (κ3) is 2.01. The molecule has 1 heterocycles. The summed E-state index contributed by atoms with van der Waals surface area (Å²) >= 11 is 5.81. The molecule has 1 aromatic carbocycles. The van der Waals surface area contributed by atoms with Crippen molar-refractivity contribution in [3.05, 3.63) is 33.8 Å². The minimum Gasteiger partial charge on any atom is -0.506 e. The average Bonchev–Trinajstić information content (AvgIpc) is 2.26. The molecular formula is C11H9ClN2O3. The van der Waals surface area contributed by atoms with Gasteiger partial charge in [-0.25, -0.2) is 4.98 Å². The number of benzene rings is 1. The van der Waals surface area contributed by atoms with Gasteiger partial charge in [-0.15, -0.1) is 0 Å². The minimum atomic E-state index is -0.439. The summed E-state index contributed by atoms with van der Waals surface area (Å²) in [5.41, 5.74) is -0.298. The van der Waals surface area contributed by atoms with Crippen molar-refractivity contribution >= 4 is 28.3 Å². The molecule has 0 atom stereocenters. The zero-order chi connectivity index (χ0) is 12.6. The molecule has 0 aliphatic rings. The van der Waals surface area contributed by atoms with E-state index in [1.54, 1.807) is 0 Å². The number of nitrogens with zero attached hydrogens (tertiary/aromatic N) is 2. The fraction of sp³-hybridized carbons (Fsp3) is 0.182. The normalized spacial score (nSPS) is 10.7. The summed E-state index contributed by atoms with van der Waals surface area (Å²) in [5, 5.41) is 9.68. The SMILES string of the molecule is CC(=O)Cn1c(Cl)nc2c(O)cccc2c1=O. The molecular weight excluding hydrogens is 244 g/mol. The Balaban J connectivity index is 2.81. The fourth-order valence-electron chi connectivity index (χ4n) is 1.56. The number of aromatic hydroxyl groups is 1. The van der Waals surface area contributed by atoms with E-state index in [0.29, 0.717) is 0 Å². The van der Waals surface area contributed by atoms with Crippen molar-refractivity contribution < 1.29 is 9.90 Å². The molecule has 0 radical (unpaired) electrons. The largest absolute Gasteiger partial charge is 0.506 e. The van der Waals surface area contributed by atoms with Crippen molar-refractivity contribution in [2.45, 2.75) is 13.5 Å². The Morgan fingerprint density at radius 1 is 1.53 bits per heavy atom. The maximum atomic E-state index is 12.0. The Labute approximate surface area is 101 Å². The van der Waals surface area contributed by atoms with Crippen LogP contribution in [0.4, 0.5) is 0 Å². The lowest BCUT2D eigenvalue weighted by Crippen LogP contribution is -2.25. The van der Waals surface area contributed by atoms with Crippen molar-refractivity contribution in [3.63, 3.8) is 0 Å². The smallest absolute Gasteiger partial charge is 0.262 e. The lowest BCUT2D eigenvalue weighted by Gasteiger charge is -2.07. The number of para-hydroxylation sites is 1. The van der Waals surface area contributed by atoms with Gasteiger partial charge in [0.2, 0.25) is 5.28 Å². The van der Waals surface area contributed by atoms with E-state index in [1.165, 1.54) is 25.1 Å². The Kier molecular flexibility index (Phi) is 2.85. The summed E-state index contributed by atoms with van der Waals surface area (Å²) in [7, 11) is 0. The van der Waals surface area contributed by atoms with Gasteiger partial charge >= 0.3 is 0 Å². The van der Waals surface area contributed by atoms with Gasteiger partial charge in [-0.2, -0.15) is 0 Å². The van der Waals surface area contributed by atoms with E-state index in [9.17, 15) is 14.7 Å². The van der Waals surface area contributed by atoms with E-state index >= 15 is 0 Å². The second kappa shape index (κ2) is 4.18. The molecule has 6 heteroatoms. The molecule has 0 amide bonds. The van der Waals surface area contributed by atoms with Crippen LogP contribution in [-0.2, 0) is 11.3 Å². The van der Waals surface area contributed by atoms with E-state index in [0.717, 1.165) is 4.57 Å². The topological polar surface area (TPSA) is 72.2 Å². The van der Waals surface area contributed by atoms with E-state index < -0.39 is 5.56 Å². The first-order valence-corrected chi connectivity index (χ1v) is 5.26. The number of rotatable bonds is 2. The summed E-state index contributed by atoms with van der Waals surface area (Å²) in [6, 6.07) is 4.48. The van der Waals surface area contributed by atoms with Crippen LogP contribution in [0, 0.1) is 0 Å². The number of carbonyl (C=O) groups is 1. The van der Waals surface area contributed by atoms with Crippen LogP contribution in [0.25, 0.3) is 10.9 Å². The number of hydrogen-bond donors (Lipinski definition) is 1. The van der Waals surface area contributed by atoms with Crippen LogP contribution in [0.15, 0.2) is 23.0 Å². The third-order valence-electron chi connectivity index (χ3n) is 2.30. The lowest BCUT2D eigenvalue weighted by atomic mass is 10.2. The average molecular weight is 253 g/mol. The number of fused-ring (bicyclic) bond motifs is 1. The second-order valence-corrected chi connectivity index (χ2v) is 3.99. The number of phenolic OH excluding ortho intramolecular Hbond substituents is 1. The molecule has 0 aliphatic carbocycles. The standard InChI is InChI=1S/C11H9ClN2O3/c1-6(15)5-14-10(17)7-3-2-4-8(16)9(7)13-11(14)12/h2-4,16H,5H2,1H3. The molecule has 2 aromatic rings. The molecule has 5 nitrogen and oxygen atoms in total. The van der Waals surface area contributed by atoms with Gasteiger partial charge in [0.1, 0.15) is 17.0 Å². The van der Waals surface area contributed by atoms with Crippen LogP contribution in [-0.4, -0.2) is 20.4 Å². The van der Waals surface area contributed by atoms with Gasteiger partial charge in [-0.3, -0.25) is 14.2 Å². The zero-order valence-corrected chi connectivity index (χ0v) is 9.73. The van der Waals surface area contributed by atoms with Gasteiger partial charge in [0.05, 0.1) is 11.9 Å². The number of Topliss-reactive ketones (excluding diaryl/α,β-unsaturated/α-hetero) is 1. The summed E-state index contributed by atoms with van der Waals surface area (Å²) in [6.07, 6.45) is 0. The molecule has 0 unspecified atom stereocenters. The highest BCUT2D eigenvalue weighted by Crippen LogP contribution is 2.21. The van der Waals surface area contributed by atoms with Crippen LogP contribution < -0.4 is 5.56 Å². The molecule has 0 saturated heterocycles. The monoisotopic (exact) mass is 252 g/mol.